The average Bonchev–Trinajstić information content (AvgIpc) is 3.59. The second-order valence-corrected chi connectivity index (χ2v) is 7.33. The topological polar surface area (TPSA) is 104 Å². The number of aliphatic carboxylic acids is 1. The fourth-order valence-electron chi connectivity index (χ4n) is 3.33. The first kappa shape index (κ1) is 22.3. The second-order valence-electron chi connectivity index (χ2n) is 7.33. The maximum absolute atomic E-state index is 12.3. The van der Waals surface area contributed by atoms with Crippen LogP contribution in [0.4, 0.5) is 13.2 Å². The Labute approximate surface area is 186 Å². The summed E-state index contributed by atoms with van der Waals surface area (Å²) in [6.45, 7) is 0.0497. The van der Waals surface area contributed by atoms with Crippen molar-refractivity contribution in [1.29, 1.82) is 0 Å². The molecule has 8 nitrogen and oxygen atoms in total. The third-order valence-electron chi connectivity index (χ3n) is 5.04. The van der Waals surface area contributed by atoms with E-state index in [9.17, 15) is 23.1 Å². The highest BCUT2D eigenvalue weighted by molar-refractivity contribution is 5.75. The van der Waals surface area contributed by atoms with Crippen LogP contribution in [0.2, 0.25) is 0 Å². The Morgan fingerprint density at radius 3 is 2.58 bits per heavy atom. The lowest BCUT2D eigenvalue weighted by Gasteiger charge is -2.11. The summed E-state index contributed by atoms with van der Waals surface area (Å²) < 4.78 is 51.6. The van der Waals surface area contributed by atoms with Gasteiger partial charge in [0.2, 0.25) is 5.88 Å². The summed E-state index contributed by atoms with van der Waals surface area (Å²) in [6, 6.07) is 10.3. The second kappa shape index (κ2) is 8.93. The predicted octanol–water partition coefficient (Wildman–Crippen LogP) is 4.21. The van der Waals surface area contributed by atoms with Gasteiger partial charge in [0.15, 0.2) is 0 Å². The van der Waals surface area contributed by atoms with E-state index in [2.05, 4.69) is 19.9 Å². The lowest BCUT2D eigenvalue weighted by atomic mass is 10.1. The van der Waals surface area contributed by atoms with Crippen LogP contribution in [0.3, 0.4) is 0 Å². The molecule has 2 heterocycles. The number of halogens is 3. The largest absolute Gasteiger partial charge is 0.573 e. The van der Waals surface area contributed by atoms with Crippen LogP contribution in [0, 0.1) is 5.92 Å². The van der Waals surface area contributed by atoms with E-state index in [1.54, 1.807) is 18.2 Å². The molecule has 0 amide bonds. The molecule has 0 aliphatic heterocycles. The summed E-state index contributed by atoms with van der Waals surface area (Å²) in [5, 5.41) is 17.1. The van der Waals surface area contributed by atoms with Gasteiger partial charge in [0.25, 0.3) is 0 Å². The Bertz CT molecular complexity index is 1150. The number of nitrogens with zero attached hydrogens (tertiary/aromatic N) is 3. The minimum Gasteiger partial charge on any atom is -0.495 e. The highest BCUT2D eigenvalue weighted by Crippen LogP contribution is 2.50. The molecule has 2 aromatic heterocycles. The van der Waals surface area contributed by atoms with Crippen molar-refractivity contribution in [3.63, 3.8) is 0 Å². The molecule has 1 saturated carbocycles. The summed E-state index contributed by atoms with van der Waals surface area (Å²) in [6.07, 6.45) is -2.76. The monoisotopic (exact) mass is 461 g/mol. The normalized spacial score (nSPS) is 17.3. The van der Waals surface area contributed by atoms with Crippen molar-refractivity contribution >= 4 is 5.97 Å². The summed E-state index contributed by atoms with van der Waals surface area (Å²) in [5.74, 6) is -1.18. The average molecular weight is 461 g/mol. The van der Waals surface area contributed by atoms with E-state index in [-0.39, 0.29) is 24.2 Å². The molecule has 0 saturated heterocycles. The maximum Gasteiger partial charge on any atom is 0.573 e. The molecule has 0 bridgehead atoms. The molecule has 1 aromatic carbocycles. The quantitative estimate of drug-likeness (QED) is 0.532. The van der Waals surface area contributed by atoms with E-state index < -0.39 is 18.2 Å². The Kier molecular flexibility index (Phi) is 6.03. The van der Waals surface area contributed by atoms with Gasteiger partial charge >= 0.3 is 12.3 Å². The number of alkyl halides is 3. The summed E-state index contributed by atoms with van der Waals surface area (Å²) >= 11 is 0. The number of hydrogen-bond donors (Lipinski definition) is 1. The van der Waals surface area contributed by atoms with Gasteiger partial charge in [-0.25, -0.2) is 4.98 Å². The zero-order valence-corrected chi connectivity index (χ0v) is 17.2. The van der Waals surface area contributed by atoms with Gasteiger partial charge in [-0.15, -0.1) is 18.3 Å². The van der Waals surface area contributed by atoms with Crippen molar-refractivity contribution < 1.29 is 37.3 Å². The van der Waals surface area contributed by atoms with Crippen molar-refractivity contribution in [3.05, 3.63) is 59.9 Å². The van der Waals surface area contributed by atoms with E-state index in [1.807, 2.05) is 0 Å². The van der Waals surface area contributed by atoms with Crippen LogP contribution < -0.4 is 14.2 Å². The number of carbonyl (C=O) groups is 1. The number of pyridine rings is 1. The van der Waals surface area contributed by atoms with Gasteiger partial charge in [-0.3, -0.25) is 4.79 Å². The first-order chi connectivity index (χ1) is 15.7. The fraction of sp³-hybridized carbons (Fsp3) is 0.273. The first-order valence-corrected chi connectivity index (χ1v) is 9.82. The molecule has 0 unspecified atom stereocenters. The van der Waals surface area contributed by atoms with E-state index in [0.717, 1.165) is 0 Å². The van der Waals surface area contributed by atoms with Crippen molar-refractivity contribution in [2.75, 3.05) is 7.11 Å². The molecule has 0 spiro atoms. The molecule has 1 N–H and O–H groups in total. The summed E-state index contributed by atoms with van der Waals surface area (Å²) in [5.41, 5.74) is 2.33. The highest BCUT2D eigenvalue weighted by atomic mass is 19.4. The number of carboxylic acids is 1. The first-order valence-electron chi connectivity index (χ1n) is 9.82. The van der Waals surface area contributed by atoms with E-state index in [0.29, 0.717) is 34.7 Å². The number of methoxy groups -OCH3 is 1. The number of hydrogen-bond acceptors (Lipinski definition) is 7. The molecule has 1 aliphatic carbocycles. The standard InChI is InChI=1S/C22H18F3N3O5/c1-31-18-7-6-17(27-20(18)15-9-16(15)21(29)30)13-8-19(28-26-10-13)32-11-12-2-4-14(5-3-12)33-22(23,24)25/h2-8,10,15-16H,9,11H2,1H3,(H,29,30)/t15-,16-/m0/s1. The predicted molar refractivity (Wildman–Crippen MR) is 108 cm³/mol. The molecular formula is C22H18F3N3O5. The van der Waals surface area contributed by atoms with Crippen LogP contribution in [0.5, 0.6) is 17.4 Å². The molecular weight excluding hydrogens is 443 g/mol. The van der Waals surface area contributed by atoms with Gasteiger partial charge in [-0.2, -0.15) is 5.10 Å². The lowest BCUT2D eigenvalue weighted by Crippen LogP contribution is -2.17. The fourth-order valence-corrected chi connectivity index (χ4v) is 3.33. The smallest absolute Gasteiger partial charge is 0.495 e. The summed E-state index contributed by atoms with van der Waals surface area (Å²) in [4.78, 5) is 15.8. The van der Waals surface area contributed by atoms with Gasteiger partial charge in [0, 0.05) is 17.5 Å². The SMILES string of the molecule is COc1ccc(-c2cnnc(OCc3ccc(OC(F)(F)F)cc3)c2)nc1[C@H]1C[C@@H]1C(=O)O. The number of ether oxygens (including phenoxy) is 3. The lowest BCUT2D eigenvalue weighted by molar-refractivity contribution is -0.274. The van der Waals surface area contributed by atoms with Gasteiger partial charge in [-0.05, 0) is 36.2 Å². The zero-order chi connectivity index (χ0) is 23.6. The van der Waals surface area contributed by atoms with E-state index in [1.165, 1.54) is 37.6 Å². The van der Waals surface area contributed by atoms with Crippen molar-refractivity contribution in [1.82, 2.24) is 15.2 Å². The Balaban J connectivity index is 1.46. The van der Waals surface area contributed by atoms with Crippen LogP contribution >= 0.6 is 0 Å². The van der Waals surface area contributed by atoms with Crippen LogP contribution in [-0.4, -0.2) is 39.7 Å². The molecule has 172 valence electrons. The van der Waals surface area contributed by atoms with Gasteiger partial charge in [0.1, 0.15) is 18.1 Å². The summed E-state index contributed by atoms with van der Waals surface area (Å²) in [7, 11) is 1.50. The molecule has 11 heteroatoms. The minimum absolute atomic E-state index is 0.0497. The van der Waals surface area contributed by atoms with Crippen molar-refractivity contribution in [3.8, 4) is 28.6 Å². The number of carboxylic acid groups (broad SMARTS) is 1. The van der Waals surface area contributed by atoms with Crippen LogP contribution in [0.25, 0.3) is 11.3 Å². The molecule has 1 fully saturated rings. The third-order valence-corrected chi connectivity index (χ3v) is 5.04. The molecule has 33 heavy (non-hydrogen) atoms. The Morgan fingerprint density at radius 1 is 1.18 bits per heavy atom. The van der Waals surface area contributed by atoms with Crippen molar-refractivity contribution in [2.45, 2.75) is 25.3 Å². The van der Waals surface area contributed by atoms with Gasteiger partial charge in [-0.1, -0.05) is 12.1 Å². The van der Waals surface area contributed by atoms with E-state index in [4.69, 9.17) is 9.47 Å². The molecule has 3 aromatic rings. The van der Waals surface area contributed by atoms with Gasteiger partial charge in [0.05, 0.1) is 30.6 Å². The highest BCUT2D eigenvalue weighted by Gasteiger charge is 2.46. The number of rotatable bonds is 8. The van der Waals surface area contributed by atoms with Crippen LogP contribution in [-0.2, 0) is 11.4 Å². The van der Waals surface area contributed by atoms with Crippen LogP contribution in [0.1, 0.15) is 23.6 Å². The molecule has 0 radical (unpaired) electrons. The maximum atomic E-state index is 12.3. The molecule has 4 rings (SSSR count). The van der Waals surface area contributed by atoms with Crippen molar-refractivity contribution in [2.24, 2.45) is 5.92 Å². The van der Waals surface area contributed by atoms with E-state index >= 15 is 0 Å². The number of benzene rings is 1. The molecule has 2 atom stereocenters. The Hall–Kier alpha value is -3.89. The Morgan fingerprint density at radius 2 is 1.94 bits per heavy atom. The van der Waals surface area contributed by atoms with Gasteiger partial charge < -0.3 is 19.3 Å². The molecule has 1 aliphatic rings. The number of aromatic nitrogens is 3. The minimum atomic E-state index is -4.75. The zero-order valence-electron chi connectivity index (χ0n) is 17.2. The third kappa shape index (κ3) is 5.48. The van der Waals surface area contributed by atoms with Crippen LogP contribution in [0.15, 0.2) is 48.7 Å².